The van der Waals surface area contributed by atoms with E-state index in [9.17, 15) is 9.59 Å². The number of primary amides is 1. The second-order valence-corrected chi connectivity index (χ2v) is 6.69. The summed E-state index contributed by atoms with van der Waals surface area (Å²) < 4.78 is 0.922. The van der Waals surface area contributed by atoms with Crippen molar-refractivity contribution < 1.29 is 9.59 Å². The van der Waals surface area contributed by atoms with Gasteiger partial charge in [-0.3, -0.25) is 14.5 Å². The van der Waals surface area contributed by atoms with Crippen LogP contribution in [0.1, 0.15) is 23.2 Å². The molecule has 1 heterocycles. The molecule has 3 N–H and O–H groups in total. The second-order valence-electron chi connectivity index (χ2n) is 5.12. The van der Waals surface area contributed by atoms with Crippen molar-refractivity contribution in [2.45, 2.75) is 18.9 Å². The topological polar surface area (TPSA) is 75.4 Å². The van der Waals surface area contributed by atoms with Gasteiger partial charge in [-0.05, 0) is 53.6 Å². The number of hydrogen-bond donors (Lipinski definition) is 2. The van der Waals surface area contributed by atoms with Crippen LogP contribution in [0, 0.1) is 3.57 Å². The van der Waals surface area contributed by atoms with Crippen LogP contribution < -0.4 is 11.1 Å². The van der Waals surface area contributed by atoms with E-state index in [0.717, 1.165) is 29.5 Å². The number of carbonyl (C=O) groups excluding carboxylic acids is 2. The molecule has 1 fully saturated rings. The van der Waals surface area contributed by atoms with Crippen molar-refractivity contribution in [2.75, 3.05) is 19.6 Å². The summed E-state index contributed by atoms with van der Waals surface area (Å²) in [6.45, 7) is 1.82. The Balaban J connectivity index is 1.86. The molecular formula is C14H17ClIN3O2. The number of halogens is 2. The zero-order valence-corrected chi connectivity index (χ0v) is 14.4. The molecule has 1 aromatic rings. The highest BCUT2D eigenvalue weighted by Gasteiger charge is 2.22. The predicted octanol–water partition coefficient (Wildman–Crippen LogP) is 1.62. The third-order valence-corrected chi connectivity index (χ3v) is 5.06. The third-order valence-electron chi connectivity index (χ3n) is 3.48. The maximum absolute atomic E-state index is 12.2. The van der Waals surface area contributed by atoms with Crippen molar-refractivity contribution in [3.8, 4) is 0 Å². The molecule has 0 aromatic heterocycles. The van der Waals surface area contributed by atoms with Crippen LogP contribution in [0.3, 0.4) is 0 Å². The molecule has 0 unspecified atom stereocenters. The molecule has 0 bridgehead atoms. The molecule has 0 radical (unpaired) electrons. The molecule has 1 saturated heterocycles. The molecule has 2 amide bonds. The Morgan fingerprint density at radius 3 is 2.62 bits per heavy atom. The number of rotatable bonds is 4. The van der Waals surface area contributed by atoms with Gasteiger partial charge in [-0.1, -0.05) is 11.6 Å². The van der Waals surface area contributed by atoms with Gasteiger partial charge in [-0.15, -0.1) is 0 Å². The van der Waals surface area contributed by atoms with E-state index in [-0.39, 0.29) is 24.4 Å². The van der Waals surface area contributed by atoms with E-state index in [1.165, 1.54) is 0 Å². The number of nitrogens with two attached hydrogens (primary N) is 1. The van der Waals surface area contributed by atoms with Crippen LogP contribution >= 0.6 is 34.2 Å². The summed E-state index contributed by atoms with van der Waals surface area (Å²) in [5.74, 6) is -0.423. The van der Waals surface area contributed by atoms with Crippen molar-refractivity contribution >= 4 is 46.0 Å². The monoisotopic (exact) mass is 421 g/mol. The Morgan fingerprint density at radius 1 is 1.38 bits per heavy atom. The lowest BCUT2D eigenvalue weighted by molar-refractivity contribution is -0.119. The van der Waals surface area contributed by atoms with E-state index < -0.39 is 0 Å². The number of likely N-dealkylation sites (tertiary alicyclic amines) is 1. The first kappa shape index (κ1) is 16.5. The summed E-state index contributed by atoms with van der Waals surface area (Å²) in [7, 11) is 0. The molecule has 0 aliphatic carbocycles. The van der Waals surface area contributed by atoms with Gasteiger partial charge in [0.25, 0.3) is 5.91 Å². The Bertz CT molecular complexity index is 545. The van der Waals surface area contributed by atoms with Gasteiger partial charge in [0, 0.05) is 28.3 Å². The van der Waals surface area contributed by atoms with Crippen molar-refractivity contribution in [3.05, 3.63) is 32.4 Å². The van der Waals surface area contributed by atoms with Gasteiger partial charge in [0.2, 0.25) is 5.91 Å². The van der Waals surface area contributed by atoms with E-state index in [1.54, 1.807) is 12.1 Å². The molecule has 1 aliphatic heterocycles. The van der Waals surface area contributed by atoms with Gasteiger partial charge < -0.3 is 11.1 Å². The largest absolute Gasteiger partial charge is 0.369 e. The number of benzene rings is 1. The molecule has 21 heavy (non-hydrogen) atoms. The van der Waals surface area contributed by atoms with Crippen LogP contribution in [0.4, 0.5) is 0 Å². The van der Waals surface area contributed by atoms with E-state index in [2.05, 4.69) is 27.9 Å². The minimum absolute atomic E-state index is 0.110. The lowest BCUT2D eigenvalue weighted by atomic mass is 10.0. The Morgan fingerprint density at radius 2 is 2.05 bits per heavy atom. The van der Waals surface area contributed by atoms with Crippen LogP contribution in [-0.4, -0.2) is 42.4 Å². The van der Waals surface area contributed by atoms with E-state index in [4.69, 9.17) is 17.3 Å². The molecule has 1 aromatic carbocycles. The molecular weight excluding hydrogens is 405 g/mol. The summed E-state index contributed by atoms with van der Waals surface area (Å²) >= 11 is 8.15. The second kappa shape index (κ2) is 7.42. The number of piperidine rings is 1. The smallest absolute Gasteiger partial charge is 0.251 e. The Labute approximate surface area is 142 Å². The molecule has 114 valence electrons. The highest BCUT2D eigenvalue weighted by molar-refractivity contribution is 14.1. The lowest BCUT2D eigenvalue weighted by Crippen LogP contribution is -2.46. The summed E-state index contributed by atoms with van der Waals surface area (Å²) in [4.78, 5) is 25.1. The van der Waals surface area contributed by atoms with Gasteiger partial charge >= 0.3 is 0 Å². The fourth-order valence-corrected chi connectivity index (χ4v) is 2.88. The van der Waals surface area contributed by atoms with Crippen LogP contribution in [0.5, 0.6) is 0 Å². The van der Waals surface area contributed by atoms with Crippen LogP contribution in [-0.2, 0) is 4.79 Å². The quantitative estimate of drug-likeness (QED) is 0.726. The van der Waals surface area contributed by atoms with Crippen molar-refractivity contribution in [2.24, 2.45) is 5.73 Å². The molecule has 2 rings (SSSR count). The molecule has 5 nitrogen and oxygen atoms in total. The standard InChI is InChI=1S/C14H17ClIN3O2/c15-11-7-9(1-2-12(11)16)14(21)18-10-3-5-19(6-4-10)8-13(17)20/h1-2,7,10H,3-6,8H2,(H2,17,20)(H,18,21). The summed E-state index contributed by atoms with van der Waals surface area (Å²) in [6, 6.07) is 5.40. The van der Waals surface area contributed by atoms with Gasteiger partial charge in [0.15, 0.2) is 0 Å². The zero-order chi connectivity index (χ0) is 15.4. The molecule has 0 atom stereocenters. The van der Waals surface area contributed by atoms with E-state index >= 15 is 0 Å². The number of nitrogens with one attached hydrogen (secondary N) is 1. The lowest BCUT2D eigenvalue weighted by Gasteiger charge is -2.31. The fraction of sp³-hybridized carbons (Fsp3) is 0.429. The third kappa shape index (κ3) is 4.82. The van der Waals surface area contributed by atoms with Crippen molar-refractivity contribution in [3.63, 3.8) is 0 Å². The average Bonchev–Trinajstić information content (AvgIpc) is 2.43. The van der Waals surface area contributed by atoms with Crippen molar-refractivity contribution in [1.29, 1.82) is 0 Å². The van der Waals surface area contributed by atoms with Gasteiger partial charge in [0.1, 0.15) is 0 Å². The molecule has 7 heteroatoms. The Kier molecular flexibility index (Phi) is 5.83. The minimum Gasteiger partial charge on any atom is -0.369 e. The van der Waals surface area contributed by atoms with E-state index in [1.807, 2.05) is 11.0 Å². The average molecular weight is 422 g/mol. The number of nitrogens with zero attached hydrogens (tertiary/aromatic N) is 1. The summed E-state index contributed by atoms with van der Waals surface area (Å²) in [5.41, 5.74) is 5.75. The van der Waals surface area contributed by atoms with Gasteiger partial charge in [-0.25, -0.2) is 0 Å². The maximum Gasteiger partial charge on any atom is 0.251 e. The van der Waals surface area contributed by atoms with E-state index in [0.29, 0.717) is 10.6 Å². The molecule has 0 spiro atoms. The van der Waals surface area contributed by atoms with Crippen molar-refractivity contribution in [1.82, 2.24) is 10.2 Å². The first-order valence-electron chi connectivity index (χ1n) is 6.72. The van der Waals surface area contributed by atoms with Gasteiger partial charge in [-0.2, -0.15) is 0 Å². The summed E-state index contributed by atoms with van der Waals surface area (Å²) in [5, 5.41) is 3.60. The van der Waals surface area contributed by atoms with Crippen LogP contribution in [0.15, 0.2) is 18.2 Å². The number of amides is 2. The molecule has 1 aliphatic rings. The number of carbonyl (C=O) groups is 2. The first-order chi connectivity index (χ1) is 9.95. The maximum atomic E-state index is 12.2. The van der Waals surface area contributed by atoms with Crippen LogP contribution in [0.25, 0.3) is 0 Å². The highest BCUT2D eigenvalue weighted by atomic mass is 127. The highest BCUT2D eigenvalue weighted by Crippen LogP contribution is 2.20. The normalized spacial score (nSPS) is 16.7. The SMILES string of the molecule is NC(=O)CN1CCC(NC(=O)c2ccc(I)c(Cl)c2)CC1. The van der Waals surface area contributed by atoms with Crippen LogP contribution in [0.2, 0.25) is 5.02 Å². The zero-order valence-electron chi connectivity index (χ0n) is 11.4. The van der Waals surface area contributed by atoms with Gasteiger partial charge in [0.05, 0.1) is 11.6 Å². The summed E-state index contributed by atoms with van der Waals surface area (Å²) in [6.07, 6.45) is 1.63. The number of hydrogen-bond acceptors (Lipinski definition) is 3. The minimum atomic E-state index is -0.314. The predicted molar refractivity (Wildman–Crippen MR) is 90.3 cm³/mol. The Hall–Kier alpha value is -0.860. The molecule has 0 saturated carbocycles. The first-order valence-corrected chi connectivity index (χ1v) is 8.18. The fourth-order valence-electron chi connectivity index (χ4n) is 2.36.